The van der Waals surface area contributed by atoms with E-state index >= 15 is 0 Å². The number of benzene rings is 1. The summed E-state index contributed by atoms with van der Waals surface area (Å²) < 4.78 is 27.9. The van der Waals surface area contributed by atoms with Crippen molar-refractivity contribution in [2.75, 3.05) is 18.1 Å². The molecule has 0 amide bonds. The molecule has 0 aliphatic heterocycles. The van der Waals surface area contributed by atoms with Gasteiger partial charge in [-0.25, -0.2) is 13.2 Å². The largest absolute Gasteiger partial charge is 0.492 e. The SMILES string of the molecule is CCS(=O)(=O)CCOc1ccc(C(=O)O)cc1C. The topological polar surface area (TPSA) is 80.7 Å². The molecule has 0 saturated carbocycles. The molecule has 5 nitrogen and oxygen atoms in total. The third kappa shape index (κ3) is 4.03. The lowest BCUT2D eigenvalue weighted by molar-refractivity contribution is 0.0696. The number of carbonyl (C=O) groups is 1. The number of carboxylic acids is 1. The summed E-state index contributed by atoms with van der Waals surface area (Å²) in [5, 5.41) is 8.79. The molecule has 1 aromatic carbocycles. The van der Waals surface area contributed by atoms with Crippen LogP contribution in [0, 0.1) is 6.92 Å². The highest BCUT2D eigenvalue weighted by atomic mass is 32.2. The third-order valence-electron chi connectivity index (χ3n) is 2.51. The Labute approximate surface area is 106 Å². The van der Waals surface area contributed by atoms with E-state index in [-0.39, 0.29) is 23.7 Å². The van der Waals surface area contributed by atoms with Gasteiger partial charge in [-0.3, -0.25) is 0 Å². The molecule has 0 bridgehead atoms. The molecule has 0 aliphatic carbocycles. The highest BCUT2D eigenvalue weighted by molar-refractivity contribution is 7.91. The first-order chi connectivity index (χ1) is 8.35. The van der Waals surface area contributed by atoms with Gasteiger partial charge in [-0.1, -0.05) is 6.92 Å². The van der Waals surface area contributed by atoms with Crippen molar-refractivity contribution in [3.8, 4) is 5.75 Å². The van der Waals surface area contributed by atoms with Gasteiger partial charge in [0.2, 0.25) is 0 Å². The molecule has 0 saturated heterocycles. The molecule has 0 aliphatic rings. The summed E-state index contributed by atoms with van der Waals surface area (Å²) in [6.45, 7) is 3.38. The van der Waals surface area contributed by atoms with Crippen LogP contribution in [0.1, 0.15) is 22.8 Å². The molecule has 100 valence electrons. The summed E-state index contributed by atoms with van der Waals surface area (Å²) in [4.78, 5) is 10.7. The number of hydrogen-bond acceptors (Lipinski definition) is 4. The van der Waals surface area contributed by atoms with Gasteiger partial charge in [0.1, 0.15) is 12.4 Å². The first kappa shape index (κ1) is 14.5. The lowest BCUT2D eigenvalue weighted by Crippen LogP contribution is -2.16. The fourth-order valence-corrected chi connectivity index (χ4v) is 1.99. The Morgan fingerprint density at radius 2 is 2.06 bits per heavy atom. The lowest BCUT2D eigenvalue weighted by Gasteiger charge is -2.09. The molecule has 0 heterocycles. The van der Waals surface area contributed by atoms with Gasteiger partial charge in [-0.2, -0.15) is 0 Å². The van der Waals surface area contributed by atoms with Crippen molar-refractivity contribution in [3.05, 3.63) is 29.3 Å². The monoisotopic (exact) mass is 272 g/mol. The van der Waals surface area contributed by atoms with Crippen molar-refractivity contribution >= 4 is 15.8 Å². The molecule has 1 aromatic rings. The van der Waals surface area contributed by atoms with Crippen LogP contribution < -0.4 is 4.74 Å². The van der Waals surface area contributed by atoms with E-state index in [1.54, 1.807) is 13.8 Å². The van der Waals surface area contributed by atoms with E-state index in [1.807, 2.05) is 0 Å². The van der Waals surface area contributed by atoms with Crippen molar-refractivity contribution in [1.29, 1.82) is 0 Å². The summed E-state index contributed by atoms with van der Waals surface area (Å²) in [6.07, 6.45) is 0. The maximum atomic E-state index is 11.3. The highest BCUT2D eigenvalue weighted by Crippen LogP contribution is 2.19. The number of ether oxygens (including phenoxy) is 1. The van der Waals surface area contributed by atoms with Gasteiger partial charge in [0.25, 0.3) is 0 Å². The van der Waals surface area contributed by atoms with Gasteiger partial charge in [-0.15, -0.1) is 0 Å². The zero-order valence-corrected chi connectivity index (χ0v) is 11.2. The summed E-state index contributed by atoms with van der Waals surface area (Å²) in [7, 11) is -3.04. The second kappa shape index (κ2) is 5.86. The van der Waals surface area contributed by atoms with Gasteiger partial charge >= 0.3 is 5.97 Å². The van der Waals surface area contributed by atoms with Gasteiger partial charge in [0.05, 0.1) is 11.3 Å². The third-order valence-corrected chi connectivity index (χ3v) is 4.18. The summed E-state index contributed by atoms with van der Waals surface area (Å²) in [6, 6.07) is 4.46. The van der Waals surface area contributed by atoms with E-state index in [0.717, 1.165) is 0 Å². The van der Waals surface area contributed by atoms with Crippen LogP contribution in [0.15, 0.2) is 18.2 Å². The molecule has 0 atom stereocenters. The smallest absolute Gasteiger partial charge is 0.335 e. The minimum absolute atomic E-state index is 0.0381. The van der Waals surface area contributed by atoms with Crippen LogP contribution in [0.4, 0.5) is 0 Å². The number of sulfone groups is 1. The van der Waals surface area contributed by atoms with Crippen molar-refractivity contribution in [1.82, 2.24) is 0 Å². The Morgan fingerprint density at radius 1 is 1.39 bits per heavy atom. The average molecular weight is 272 g/mol. The fourth-order valence-electron chi connectivity index (χ4n) is 1.37. The number of carboxylic acid groups (broad SMARTS) is 1. The normalized spacial score (nSPS) is 11.2. The molecular weight excluding hydrogens is 256 g/mol. The molecule has 6 heteroatoms. The molecule has 1 N–H and O–H groups in total. The number of aromatic carboxylic acids is 1. The molecule has 0 unspecified atom stereocenters. The Morgan fingerprint density at radius 3 is 2.56 bits per heavy atom. The summed E-state index contributed by atoms with van der Waals surface area (Å²) in [5.41, 5.74) is 0.852. The van der Waals surface area contributed by atoms with Crippen LogP contribution in [0.2, 0.25) is 0 Å². The fraction of sp³-hybridized carbons (Fsp3) is 0.417. The maximum Gasteiger partial charge on any atom is 0.335 e. The van der Waals surface area contributed by atoms with Gasteiger partial charge in [0.15, 0.2) is 9.84 Å². The molecule has 18 heavy (non-hydrogen) atoms. The first-order valence-corrected chi connectivity index (χ1v) is 7.35. The van der Waals surface area contributed by atoms with E-state index in [1.165, 1.54) is 18.2 Å². The van der Waals surface area contributed by atoms with E-state index in [9.17, 15) is 13.2 Å². The number of aryl methyl sites for hydroxylation is 1. The molecule has 1 rings (SSSR count). The Kier molecular flexibility index (Phi) is 4.72. The second-order valence-corrected chi connectivity index (χ2v) is 6.34. The van der Waals surface area contributed by atoms with Crippen LogP contribution in [-0.2, 0) is 9.84 Å². The van der Waals surface area contributed by atoms with E-state index in [0.29, 0.717) is 11.3 Å². The minimum Gasteiger partial charge on any atom is -0.492 e. The predicted molar refractivity (Wildman–Crippen MR) is 68.0 cm³/mol. The quantitative estimate of drug-likeness (QED) is 0.849. The van der Waals surface area contributed by atoms with E-state index in [2.05, 4.69) is 0 Å². The number of rotatable bonds is 6. The zero-order chi connectivity index (χ0) is 13.8. The standard InChI is InChI=1S/C12H16O5S/c1-3-18(15,16)7-6-17-11-5-4-10(12(13)14)8-9(11)2/h4-5,8H,3,6-7H2,1-2H3,(H,13,14). The Hall–Kier alpha value is -1.56. The highest BCUT2D eigenvalue weighted by Gasteiger charge is 2.09. The van der Waals surface area contributed by atoms with Crippen LogP contribution in [0.25, 0.3) is 0 Å². The Bertz CT molecular complexity index is 533. The van der Waals surface area contributed by atoms with Crippen LogP contribution in [0.3, 0.4) is 0 Å². The zero-order valence-electron chi connectivity index (χ0n) is 10.3. The van der Waals surface area contributed by atoms with Crippen molar-refractivity contribution in [2.24, 2.45) is 0 Å². The van der Waals surface area contributed by atoms with E-state index in [4.69, 9.17) is 9.84 Å². The van der Waals surface area contributed by atoms with Gasteiger partial charge in [-0.05, 0) is 30.7 Å². The predicted octanol–water partition coefficient (Wildman–Crippen LogP) is 1.51. The van der Waals surface area contributed by atoms with Crippen LogP contribution >= 0.6 is 0 Å². The first-order valence-electron chi connectivity index (χ1n) is 5.53. The van der Waals surface area contributed by atoms with Gasteiger partial charge < -0.3 is 9.84 Å². The average Bonchev–Trinajstić information content (AvgIpc) is 2.31. The molecule has 0 aromatic heterocycles. The van der Waals surface area contributed by atoms with E-state index < -0.39 is 15.8 Å². The van der Waals surface area contributed by atoms with Gasteiger partial charge in [0, 0.05) is 5.75 Å². The van der Waals surface area contributed by atoms with Crippen LogP contribution in [0.5, 0.6) is 5.75 Å². The van der Waals surface area contributed by atoms with Crippen LogP contribution in [-0.4, -0.2) is 37.6 Å². The maximum absolute atomic E-state index is 11.3. The summed E-state index contributed by atoms with van der Waals surface area (Å²) >= 11 is 0. The molecular formula is C12H16O5S. The minimum atomic E-state index is -3.04. The summed E-state index contributed by atoms with van der Waals surface area (Å²) in [5.74, 6) is -0.443. The van der Waals surface area contributed by atoms with Crippen molar-refractivity contribution < 1.29 is 23.1 Å². The van der Waals surface area contributed by atoms with Crippen molar-refractivity contribution in [3.63, 3.8) is 0 Å². The van der Waals surface area contributed by atoms with Crippen molar-refractivity contribution in [2.45, 2.75) is 13.8 Å². The molecule has 0 fully saturated rings. The molecule has 0 radical (unpaired) electrons. The lowest BCUT2D eigenvalue weighted by atomic mass is 10.1. The number of hydrogen-bond donors (Lipinski definition) is 1. The second-order valence-electron chi connectivity index (χ2n) is 3.87. The molecule has 0 spiro atoms. The Balaban J connectivity index is 2.67.